The molecule has 0 saturated carbocycles. The molecule has 0 amide bonds. The van der Waals surface area contributed by atoms with E-state index in [1.54, 1.807) is 11.6 Å². The molecule has 0 atom stereocenters. The van der Waals surface area contributed by atoms with Gasteiger partial charge in [0, 0.05) is 35.5 Å². The van der Waals surface area contributed by atoms with Crippen molar-refractivity contribution in [3.8, 4) is 5.75 Å². The second-order valence-corrected chi connectivity index (χ2v) is 3.95. The summed E-state index contributed by atoms with van der Waals surface area (Å²) in [6, 6.07) is 3.75. The summed E-state index contributed by atoms with van der Waals surface area (Å²) in [5.41, 5.74) is 0.192. The molecule has 0 bridgehead atoms. The first-order valence-corrected chi connectivity index (χ1v) is 5.46. The van der Waals surface area contributed by atoms with Gasteiger partial charge in [-0.05, 0) is 6.07 Å². The van der Waals surface area contributed by atoms with Crippen molar-refractivity contribution in [2.45, 2.75) is 0 Å². The second kappa shape index (κ2) is 4.71. The molecular formula is C10H7N3O3S. The Hall–Kier alpha value is -2.28. The highest BCUT2D eigenvalue weighted by molar-refractivity contribution is 7.13. The predicted molar refractivity (Wildman–Crippen MR) is 64.1 cm³/mol. The van der Waals surface area contributed by atoms with Crippen LogP contribution in [0.5, 0.6) is 5.75 Å². The Morgan fingerprint density at radius 1 is 1.53 bits per heavy atom. The zero-order chi connectivity index (χ0) is 12.3. The Morgan fingerprint density at radius 3 is 3.00 bits per heavy atom. The van der Waals surface area contributed by atoms with Gasteiger partial charge in [0.05, 0.1) is 4.92 Å². The van der Waals surface area contributed by atoms with Crippen LogP contribution in [-0.4, -0.2) is 21.2 Å². The topological polar surface area (TPSA) is 88.6 Å². The number of nitrogens with zero attached hydrogens (tertiary/aromatic N) is 3. The number of non-ortho nitro benzene ring substituents is 1. The number of thiazole rings is 1. The van der Waals surface area contributed by atoms with E-state index in [1.165, 1.54) is 35.8 Å². The van der Waals surface area contributed by atoms with Crippen LogP contribution in [-0.2, 0) is 0 Å². The SMILES string of the molecule is O=[N+]([O-])c1ccc(O)c(/C=N\c2nccs2)c1. The molecule has 6 nitrogen and oxygen atoms in total. The molecule has 0 aliphatic carbocycles. The molecule has 0 aliphatic rings. The summed E-state index contributed by atoms with van der Waals surface area (Å²) in [5.74, 6) is -0.0593. The smallest absolute Gasteiger partial charge is 0.270 e. The zero-order valence-corrected chi connectivity index (χ0v) is 9.29. The van der Waals surface area contributed by atoms with Crippen LogP contribution in [0.2, 0.25) is 0 Å². The minimum absolute atomic E-state index is 0.0593. The minimum Gasteiger partial charge on any atom is -0.507 e. The normalized spacial score (nSPS) is 10.8. The second-order valence-electron chi connectivity index (χ2n) is 3.07. The first-order valence-electron chi connectivity index (χ1n) is 4.58. The third kappa shape index (κ3) is 2.64. The van der Waals surface area contributed by atoms with Crippen molar-refractivity contribution in [2.75, 3.05) is 0 Å². The summed E-state index contributed by atoms with van der Waals surface area (Å²) in [6.07, 6.45) is 2.95. The van der Waals surface area contributed by atoms with Gasteiger partial charge in [-0.1, -0.05) is 0 Å². The van der Waals surface area contributed by atoms with Crippen molar-refractivity contribution in [3.05, 3.63) is 45.5 Å². The molecule has 86 valence electrons. The first kappa shape index (κ1) is 11.2. The van der Waals surface area contributed by atoms with Crippen molar-refractivity contribution < 1.29 is 10.0 Å². The van der Waals surface area contributed by atoms with Crippen molar-refractivity contribution in [3.63, 3.8) is 0 Å². The Kier molecular flexibility index (Phi) is 3.10. The molecule has 0 unspecified atom stereocenters. The quantitative estimate of drug-likeness (QED) is 0.514. The highest BCUT2D eigenvalue weighted by Gasteiger charge is 2.08. The van der Waals surface area contributed by atoms with Gasteiger partial charge in [0.1, 0.15) is 5.75 Å². The van der Waals surface area contributed by atoms with Crippen LogP contribution in [0, 0.1) is 10.1 Å². The Balaban J connectivity index is 2.31. The lowest BCUT2D eigenvalue weighted by Crippen LogP contribution is -1.90. The predicted octanol–water partition coefficient (Wildman–Crippen LogP) is 2.51. The number of nitro groups is 1. The van der Waals surface area contributed by atoms with Gasteiger partial charge in [0.25, 0.3) is 5.69 Å². The minimum atomic E-state index is -0.528. The van der Waals surface area contributed by atoms with Gasteiger partial charge in [-0.15, -0.1) is 11.3 Å². The highest BCUT2D eigenvalue weighted by atomic mass is 32.1. The molecule has 0 saturated heterocycles. The number of phenolic OH excluding ortho intramolecular Hbond substituents is 1. The summed E-state index contributed by atoms with van der Waals surface area (Å²) in [4.78, 5) is 18.0. The van der Waals surface area contributed by atoms with Crippen molar-refractivity contribution in [1.82, 2.24) is 4.98 Å². The van der Waals surface area contributed by atoms with Gasteiger partial charge < -0.3 is 5.11 Å². The average molecular weight is 249 g/mol. The van der Waals surface area contributed by atoms with Gasteiger partial charge in [-0.3, -0.25) is 10.1 Å². The fraction of sp³-hybridized carbons (Fsp3) is 0. The third-order valence-electron chi connectivity index (χ3n) is 1.96. The molecule has 0 spiro atoms. The zero-order valence-electron chi connectivity index (χ0n) is 8.48. The van der Waals surface area contributed by atoms with Gasteiger partial charge in [-0.2, -0.15) is 0 Å². The van der Waals surface area contributed by atoms with Gasteiger partial charge >= 0.3 is 0 Å². The average Bonchev–Trinajstić information content (AvgIpc) is 2.80. The van der Waals surface area contributed by atoms with Crippen LogP contribution < -0.4 is 0 Å². The van der Waals surface area contributed by atoms with Crippen LogP contribution >= 0.6 is 11.3 Å². The van der Waals surface area contributed by atoms with E-state index >= 15 is 0 Å². The molecule has 1 aromatic carbocycles. The Morgan fingerprint density at radius 2 is 2.35 bits per heavy atom. The van der Waals surface area contributed by atoms with Gasteiger partial charge in [0.2, 0.25) is 5.13 Å². The molecule has 0 aliphatic heterocycles. The van der Waals surface area contributed by atoms with E-state index in [0.717, 1.165) is 0 Å². The van der Waals surface area contributed by atoms with E-state index in [4.69, 9.17) is 0 Å². The number of hydrogen-bond donors (Lipinski definition) is 1. The number of aromatic hydroxyl groups is 1. The maximum Gasteiger partial charge on any atom is 0.270 e. The molecular weight excluding hydrogens is 242 g/mol. The molecule has 1 aromatic heterocycles. The van der Waals surface area contributed by atoms with Crippen LogP contribution in [0.25, 0.3) is 0 Å². The lowest BCUT2D eigenvalue weighted by molar-refractivity contribution is -0.384. The first-order chi connectivity index (χ1) is 8.16. The van der Waals surface area contributed by atoms with Crippen molar-refractivity contribution in [1.29, 1.82) is 0 Å². The fourth-order valence-electron chi connectivity index (χ4n) is 1.16. The van der Waals surface area contributed by atoms with Crippen LogP contribution in [0.3, 0.4) is 0 Å². The standard InChI is InChI=1S/C10H7N3O3S/c14-9-2-1-8(13(15)16)5-7(9)6-12-10-11-3-4-17-10/h1-6,14H/b12-6-. The Bertz CT molecular complexity index is 566. The number of nitro benzene ring substituents is 1. The number of benzene rings is 1. The number of aromatic nitrogens is 1. The number of aliphatic imine (C=N–C) groups is 1. The number of hydrogen-bond acceptors (Lipinski definition) is 6. The fourth-order valence-corrected chi connectivity index (χ4v) is 1.64. The maximum absolute atomic E-state index is 10.6. The summed E-state index contributed by atoms with van der Waals surface area (Å²) in [7, 11) is 0. The van der Waals surface area contributed by atoms with Crippen LogP contribution in [0.1, 0.15) is 5.56 Å². The molecule has 1 heterocycles. The molecule has 17 heavy (non-hydrogen) atoms. The van der Waals surface area contributed by atoms with Crippen LogP contribution in [0.4, 0.5) is 10.8 Å². The summed E-state index contributed by atoms with van der Waals surface area (Å²) in [6.45, 7) is 0. The molecule has 2 aromatic rings. The lowest BCUT2D eigenvalue weighted by Gasteiger charge is -1.97. The number of phenols is 1. The van der Waals surface area contributed by atoms with E-state index in [-0.39, 0.29) is 17.0 Å². The molecule has 0 fully saturated rings. The van der Waals surface area contributed by atoms with Crippen molar-refractivity contribution >= 4 is 28.4 Å². The third-order valence-corrected chi connectivity index (χ3v) is 2.63. The van der Waals surface area contributed by atoms with E-state index in [9.17, 15) is 15.2 Å². The van der Waals surface area contributed by atoms with Gasteiger partial charge in [-0.25, -0.2) is 9.98 Å². The number of rotatable bonds is 3. The molecule has 1 N–H and O–H groups in total. The summed E-state index contributed by atoms with van der Waals surface area (Å²) >= 11 is 1.33. The van der Waals surface area contributed by atoms with E-state index in [0.29, 0.717) is 5.13 Å². The monoisotopic (exact) mass is 249 g/mol. The highest BCUT2D eigenvalue weighted by Crippen LogP contribution is 2.22. The Labute approximate surface area is 100 Å². The van der Waals surface area contributed by atoms with E-state index in [1.807, 2.05) is 0 Å². The molecule has 7 heteroatoms. The summed E-state index contributed by atoms with van der Waals surface area (Å²) in [5, 5.41) is 22.4. The maximum atomic E-state index is 10.6. The van der Waals surface area contributed by atoms with Gasteiger partial charge in [0.15, 0.2) is 0 Å². The van der Waals surface area contributed by atoms with E-state index in [2.05, 4.69) is 9.98 Å². The lowest BCUT2D eigenvalue weighted by atomic mass is 10.2. The largest absolute Gasteiger partial charge is 0.507 e. The molecule has 2 rings (SSSR count). The van der Waals surface area contributed by atoms with E-state index < -0.39 is 4.92 Å². The molecule has 0 radical (unpaired) electrons. The van der Waals surface area contributed by atoms with Crippen LogP contribution in [0.15, 0.2) is 34.8 Å². The van der Waals surface area contributed by atoms with Crippen molar-refractivity contribution in [2.24, 2.45) is 4.99 Å². The summed E-state index contributed by atoms with van der Waals surface area (Å²) < 4.78 is 0.